The molecular weight excluding hydrogens is 336 g/mol. The molecule has 0 aromatic heterocycles. The highest BCUT2D eigenvalue weighted by Gasteiger charge is 2.27. The number of rotatable bonds is 7. The summed E-state index contributed by atoms with van der Waals surface area (Å²) in [6.45, 7) is 8.01. The summed E-state index contributed by atoms with van der Waals surface area (Å²) in [5, 5.41) is 0. The number of benzene rings is 1. The molecule has 0 saturated carbocycles. The van der Waals surface area contributed by atoms with Gasteiger partial charge in [-0.25, -0.2) is 8.42 Å². The lowest BCUT2D eigenvalue weighted by Gasteiger charge is -2.26. The van der Waals surface area contributed by atoms with E-state index in [1.165, 1.54) is 11.1 Å². The van der Waals surface area contributed by atoms with Gasteiger partial charge in [-0.15, -0.1) is 0 Å². The minimum atomic E-state index is -3.24. The lowest BCUT2D eigenvalue weighted by molar-refractivity contribution is -0.117. The Kier molecular flexibility index (Phi) is 6.27. The molecule has 1 aliphatic rings. The van der Waals surface area contributed by atoms with Gasteiger partial charge >= 0.3 is 0 Å². The molecule has 2 N–H and O–H groups in total. The minimum Gasteiger partial charge on any atom is -0.370 e. The summed E-state index contributed by atoms with van der Waals surface area (Å²) in [5.74, 6) is -0.639. The van der Waals surface area contributed by atoms with Crippen LogP contribution in [-0.2, 0) is 20.0 Å². The van der Waals surface area contributed by atoms with Crippen LogP contribution in [0.2, 0.25) is 0 Å². The van der Waals surface area contributed by atoms with Crippen molar-refractivity contribution >= 4 is 15.7 Å². The molecule has 1 aromatic rings. The number of likely N-dealkylation sites (tertiary alicyclic amines) is 1. The Morgan fingerprint density at radius 2 is 1.84 bits per heavy atom. The molecule has 6 heteroatoms. The van der Waals surface area contributed by atoms with Crippen LogP contribution in [0, 0.1) is 0 Å². The summed E-state index contributed by atoms with van der Waals surface area (Å²) in [6, 6.07) is 8.97. The van der Waals surface area contributed by atoms with Crippen LogP contribution in [0.3, 0.4) is 0 Å². The summed E-state index contributed by atoms with van der Waals surface area (Å²) >= 11 is 0. The van der Waals surface area contributed by atoms with Crippen molar-refractivity contribution in [2.75, 3.05) is 24.6 Å². The number of nitrogens with two attached hydrogens (primary N) is 1. The summed E-state index contributed by atoms with van der Waals surface area (Å²) in [7, 11) is -3.24. The zero-order chi connectivity index (χ0) is 18.7. The largest absolute Gasteiger partial charge is 0.370 e. The molecule has 1 atom stereocenters. The van der Waals surface area contributed by atoms with Crippen molar-refractivity contribution in [3.63, 3.8) is 0 Å². The van der Waals surface area contributed by atoms with Crippen LogP contribution in [0.15, 0.2) is 24.3 Å². The van der Waals surface area contributed by atoms with Crippen LogP contribution >= 0.6 is 0 Å². The van der Waals surface area contributed by atoms with E-state index in [4.69, 9.17) is 5.73 Å². The molecule has 1 saturated heterocycles. The van der Waals surface area contributed by atoms with Crippen molar-refractivity contribution in [2.45, 2.75) is 51.5 Å². The van der Waals surface area contributed by atoms with E-state index in [0.717, 1.165) is 19.4 Å². The smallest absolute Gasteiger partial charge is 0.218 e. The van der Waals surface area contributed by atoms with Crippen molar-refractivity contribution in [3.05, 3.63) is 35.4 Å². The third kappa shape index (κ3) is 5.82. The maximum atomic E-state index is 12.1. The maximum Gasteiger partial charge on any atom is 0.218 e. The molecule has 2 rings (SSSR count). The number of hydrogen-bond acceptors (Lipinski definition) is 4. The van der Waals surface area contributed by atoms with Crippen LogP contribution in [0.4, 0.5) is 0 Å². The summed E-state index contributed by atoms with van der Waals surface area (Å²) < 4.78 is 24.1. The third-order valence-corrected chi connectivity index (χ3v) is 6.50. The molecule has 0 aliphatic carbocycles. The van der Waals surface area contributed by atoms with Crippen LogP contribution in [0.1, 0.15) is 57.2 Å². The van der Waals surface area contributed by atoms with E-state index in [2.05, 4.69) is 49.9 Å². The Bertz CT molecular complexity index is 690. The van der Waals surface area contributed by atoms with Gasteiger partial charge in [-0.2, -0.15) is 0 Å². The van der Waals surface area contributed by atoms with Crippen molar-refractivity contribution in [3.8, 4) is 0 Å². The Labute approximate surface area is 151 Å². The number of hydrogen-bond donors (Lipinski definition) is 1. The molecule has 0 spiro atoms. The van der Waals surface area contributed by atoms with E-state index >= 15 is 0 Å². The number of sulfone groups is 1. The maximum absolute atomic E-state index is 12.1. The Morgan fingerprint density at radius 1 is 1.20 bits per heavy atom. The average Bonchev–Trinajstić information content (AvgIpc) is 2.99. The Balaban J connectivity index is 1.99. The van der Waals surface area contributed by atoms with Gasteiger partial charge in [0, 0.05) is 19.0 Å². The van der Waals surface area contributed by atoms with Crippen LogP contribution in [0.5, 0.6) is 0 Å². The van der Waals surface area contributed by atoms with E-state index in [1.807, 2.05) is 0 Å². The molecule has 5 nitrogen and oxygen atoms in total. The van der Waals surface area contributed by atoms with Crippen molar-refractivity contribution in [1.29, 1.82) is 0 Å². The SMILES string of the molecule is CC(C)(C)c1ccc([C@@H]2CCCN2CCS(=O)(=O)CCC(N)=O)cc1. The summed E-state index contributed by atoms with van der Waals surface area (Å²) in [4.78, 5) is 13.0. The van der Waals surface area contributed by atoms with E-state index in [1.54, 1.807) is 0 Å². The van der Waals surface area contributed by atoms with E-state index in [9.17, 15) is 13.2 Å². The molecule has 140 valence electrons. The van der Waals surface area contributed by atoms with Crippen LogP contribution in [-0.4, -0.2) is 43.8 Å². The Hall–Kier alpha value is -1.40. The topological polar surface area (TPSA) is 80.5 Å². The molecule has 1 aromatic carbocycles. The molecular formula is C19H30N2O3S. The second-order valence-electron chi connectivity index (χ2n) is 7.93. The monoisotopic (exact) mass is 366 g/mol. The van der Waals surface area contributed by atoms with Crippen LogP contribution in [0.25, 0.3) is 0 Å². The first-order chi connectivity index (χ1) is 11.6. The van der Waals surface area contributed by atoms with Gasteiger partial charge in [-0.1, -0.05) is 45.0 Å². The molecule has 0 bridgehead atoms. The van der Waals surface area contributed by atoms with Gasteiger partial charge in [-0.05, 0) is 35.9 Å². The van der Waals surface area contributed by atoms with Gasteiger partial charge in [0.15, 0.2) is 9.84 Å². The third-order valence-electron chi connectivity index (χ3n) is 4.87. The lowest BCUT2D eigenvalue weighted by Crippen LogP contribution is -2.30. The minimum absolute atomic E-state index is 0.0802. The summed E-state index contributed by atoms with van der Waals surface area (Å²) in [6.07, 6.45) is 2.03. The predicted octanol–water partition coefficient (Wildman–Crippen LogP) is 2.41. The normalized spacial score (nSPS) is 19.2. The van der Waals surface area contributed by atoms with E-state index in [0.29, 0.717) is 6.54 Å². The van der Waals surface area contributed by atoms with Gasteiger partial charge in [0.2, 0.25) is 5.91 Å². The number of carbonyl (C=O) groups excluding carboxylic acids is 1. The highest BCUT2D eigenvalue weighted by atomic mass is 32.2. The molecule has 1 fully saturated rings. The molecule has 0 radical (unpaired) electrons. The lowest BCUT2D eigenvalue weighted by atomic mass is 9.86. The highest BCUT2D eigenvalue weighted by molar-refractivity contribution is 7.91. The fourth-order valence-corrected chi connectivity index (χ4v) is 4.52. The number of carbonyl (C=O) groups is 1. The zero-order valence-corrected chi connectivity index (χ0v) is 16.3. The average molecular weight is 367 g/mol. The Morgan fingerprint density at radius 3 is 2.40 bits per heavy atom. The van der Waals surface area contributed by atoms with Gasteiger partial charge in [-0.3, -0.25) is 9.69 Å². The van der Waals surface area contributed by atoms with Gasteiger partial charge in [0.1, 0.15) is 0 Å². The number of amides is 1. The molecule has 1 amide bonds. The second kappa shape index (κ2) is 7.87. The summed E-state index contributed by atoms with van der Waals surface area (Å²) in [5.41, 5.74) is 7.72. The molecule has 25 heavy (non-hydrogen) atoms. The standard InChI is InChI=1S/C19H30N2O3S/c1-19(2,3)16-8-6-15(7-9-16)17-5-4-11-21(17)12-14-25(23,24)13-10-18(20)22/h6-9,17H,4-5,10-14H2,1-3H3,(H2,20,22)/t17-/m0/s1. The fourth-order valence-electron chi connectivity index (χ4n) is 3.29. The second-order valence-corrected chi connectivity index (χ2v) is 10.2. The van der Waals surface area contributed by atoms with E-state index in [-0.39, 0.29) is 29.4 Å². The van der Waals surface area contributed by atoms with Gasteiger partial charge < -0.3 is 5.73 Å². The first-order valence-corrected chi connectivity index (χ1v) is 10.7. The van der Waals surface area contributed by atoms with Crippen molar-refractivity contribution < 1.29 is 13.2 Å². The van der Waals surface area contributed by atoms with Crippen LogP contribution < -0.4 is 5.73 Å². The molecule has 1 heterocycles. The van der Waals surface area contributed by atoms with E-state index < -0.39 is 15.7 Å². The number of nitrogens with zero attached hydrogens (tertiary/aromatic N) is 1. The van der Waals surface area contributed by atoms with Gasteiger partial charge in [0.05, 0.1) is 11.5 Å². The first kappa shape index (κ1) is 19.9. The predicted molar refractivity (Wildman–Crippen MR) is 101 cm³/mol. The van der Waals surface area contributed by atoms with Crippen molar-refractivity contribution in [2.24, 2.45) is 5.73 Å². The van der Waals surface area contributed by atoms with Crippen molar-refractivity contribution in [1.82, 2.24) is 4.90 Å². The fraction of sp³-hybridized carbons (Fsp3) is 0.632. The highest BCUT2D eigenvalue weighted by Crippen LogP contribution is 2.33. The first-order valence-electron chi connectivity index (χ1n) is 8.92. The molecule has 0 unspecified atom stereocenters. The molecule has 1 aliphatic heterocycles. The zero-order valence-electron chi connectivity index (χ0n) is 15.5. The van der Waals surface area contributed by atoms with Gasteiger partial charge in [0.25, 0.3) is 0 Å². The quantitative estimate of drug-likeness (QED) is 0.803. The number of primary amides is 1.